The number of nitrogens with zero attached hydrogens (tertiary/aromatic N) is 1. The standard InChI is InChI=1S/C10H5BrCl2N2O2/c11-6-3-1-5(2-4-6)8-9(15(16)17)7(12)10(13)14-8/h1-4,14H. The van der Waals surface area contributed by atoms with Crippen molar-refractivity contribution in [2.24, 2.45) is 0 Å². The van der Waals surface area contributed by atoms with Gasteiger partial charge in [0, 0.05) is 10.0 Å². The number of hydrogen-bond acceptors (Lipinski definition) is 2. The SMILES string of the molecule is O=[N+]([O-])c1c(-c2ccc(Br)cc2)[nH]c(Cl)c1Cl. The Balaban J connectivity index is 2.63. The second-order valence-electron chi connectivity index (χ2n) is 3.24. The zero-order chi connectivity index (χ0) is 12.6. The van der Waals surface area contributed by atoms with E-state index in [1.165, 1.54) is 0 Å². The van der Waals surface area contributed by atoms with Crippen LogP contribution in [0, 0.1) is 10.1 Å². The number of aromatic nitrogens is 1. The number of hydrogen-bond donors (Lipinski definition) is 1. The van der Waals surface area contributed by atoms with Gasteiger partial charge in [-0.2, -0.15) is 0 Å². The van der Waals surface area contributed by atoms with Crippen LogP contribution in [-0.2, 0) is 0 Å². The number of halogens is 3. The molecule has 4 nitrogen and oxygen atoms in total. The van der Waals surface area contributed by atoms with Gasteiger partial charge in [-0.25, -0.2) is 0 Å². The lowest BCUT2D eigenvalue weighted by molar-refractivity contribution is -0.383. The fourth-order valence-electron chi connectivity index (χ4n) is 1.43. The van der Waals surface area contributed by atoms with Crippen molar-refractivity contribution < 1.29 is 4.92 Å². The Morgan fingerprint density at radius 3 is 2.35 bits per heavy atom. The van der Waals surface area contributed by atoms with E-state index >= 15 is 0 Å². The summed E-state index contributed by atoms with van der Waals surface area (Å²) in [4.78, 5) is 13.1. The van der Waals surface area contributed by atoms with Gasteiger partial charge < -0.3 is 4.98 Å². The van der Waals surface area contributed by atoms with Crippen LogP contribution in [0.4, 0.5) is 5.69 Å². The van der Waals surface area contributed by atoms with Crippen molar-refractivity contribution in [2.75, 3.05) is 0 Å². The third-order valence-corrected chi connectivity index (χ3v) is 3.46. The second-order valence-corrected chi connectivity index (χ2v) is 4.91. The van der Waals surface area contributed by atoms with Gasteiger partial charge in [0.1, 0.15) is 10.8 Å². The van der Waals surface area contributed by atoms with Crippen molar-refractivity contribution in [3.63, 3.8) is 0 Å². The molecular weight excluding hydrogens is 331 g/mol. The molecule has 0 radical (unpaired) electrons. The van der Waals surface area contributed by atoms with Gasteiger partial charge in [-0.3, -0.25) is 10.1 Å². The number of nitro groups is 1. The molecule has 2 aromatic rings. The average molecular weight is 336 g/mol. The molecule has 0 saturated carbocycles. The zero-order valence-electron chi connectivity index (χ0n) is 8.21. The van der Waals surface area contributed by atoms with Crippen molar-refractivity contribution in [3.8, 4) is 11.3 Å². The minimum atomic E-state index is -0.553. The van der Waals surface area contributed by atoms with Gasteiger partial charge in [0.25, 0.3) is 0 Å². The molecule has 0 amide bonds. The highest BCUT2D eigenvalue weighted by atomic mass is 79.9. The summed E-state index contributed by atoms with van der Waals surface area (Å²) >= 11 is 14.8. The summed E-state index contributed by atoms with van der Waals surface area (Å²) in [7, 11) is 0. The van der Waals surface area contributed by atoms with Crippen LogP contribution in [0.15, 0.2) is 28.7 Å². The Hall–Kier alpha value is -1.04. The van der Waals surface area contributed by atoms with E-state index in [-0.39, 0.29) is 15.9 Å². The van der Waals surface area contributed by atoms with Gasteiger partial charge in [-0.05, 0) is 12.1 Å². The zero-order valence-corrected chi connectivity index (χ0v) is 11.3. The number of nitrogens with one attached hydrogen (secondary N) is 1. The summed E-state index contributed by atoms with van der Waals surface area (Å²) in [6.45, 7) is 0. The lowest BCUT2D eigenvalue weighted by Gasteiger charge is -1.98. The van der Waals surface area contributed by atoms with Crippen molar-refractivity contribution in [2.45, 2.75) is 0 Å². The van der Waals surface area contributed by atoms with E-state index in [1.807, 2.05) is 0 Å². The molecule has 0 atom stereocenters. The maximum atomic E-state index is 10.9. The first-order chi connectivity index (χ1) is 8.00. The molecule has 0 fully saturated rings. The monoisotopic (exact) mass is 334 g/mol. The third kappa shape index (κ3) is 2.31. The van der Waals surface area contributed by atoms with Crippen molar-refractivity contribution in [1.29, 1.82) is 0 Å². The predicted molar refractivity (Wildman–Crippen MR) is 70.6 cm³/mol. The van der Waals surface area contributed by atoms with Crippen molar-refractivity contribution in [1.82, 2.24) is 4.98 Å². The van der Waals surface area contributed by atoms with Gasteiger partial charge in [-0.15, -0.1) is 0 Å². The van der Waals surface area contributed by atoms with Crippen molar-refractivity contribution in [3.05, 3.63) is 49.0 Å². The van der Waals surface area contributed by atoms with Crippen LogP contribution in [0.5, 0.6) is 0 Å². The van der Waals surface area contributed by atoms with Crippen LogP contribution in [0.1, 0.15) is 0 Å². The Morgan fingerprint density at radius 2 is 1.82 bits per heavy atom. The summed E-state index contributed by atoms with van der Waals surface area (Å²) in [5.41, 5.74) is 0.741. The van der Waals surface area contributed by atoms with Gasteiger partial charge in [0.2, 0.25) is 0 Å². The highest BCUT2D eigenvalue weighted by Crippen LogP contribution is 2.40. The summed E-state index contributed by atoms with van der Waals surface area (Å²) in [5.74, 6) is 0. The number of benzene rings is 1. The minimum absolute atomic E-state index is 0.0660. The van der Waals surface area contributed by atoms with Crippen LogP contribution in [0.3, 0.4) is 0 Å². The minimum Gasteiger partial charge on any atom is -0.339 e. The highest BCUT2D eigenvalue weighted by Gasteiger charge is 2.25. The van der Waals surface area contributed by atoms with Gasteiger partial charge in [0.05, 0.1) is 4.92 Å². The molecule has 1 N–H and O–H groups in total. The normalized spacial score (nSPS) is 10.5. The Kier molecular flexibility index (Phi) is 3.42. The molecule has 88 valence electrons. The predicted octanol–water partition coefficient (Wildman–Crippen LogP) is 4.66. The van der Waals surface area contributed by atoms with Gasteiger partial charge in [-0.1, -0.05) is 51.3 Å². The fourth-order valence-corrected chi connectivity index (χ4v) is 2.09. The van der Waals surface area contributed by atoms with E-state index in [1.54, 1.807) is 24.3 Å². The summed E-state index contributed by atoms with van der Waals surface area (Å²) in [6.07, 6.45) is 0. The molecule has 0 aliphatic heterocycles. The average Bonchev–Trinajstić information content (AvgIpc) is 2.56. The molecule has 1 heterocycles. The van der Waals surface area contributed by atoms with Crippen LogP contribution in [0.25, 0.3) is 11.3 Å². The number of H-pyrrole nitrogens is 1. The van der Waals surface area contributed by atoms with Crippen LogP contribution < -0.4 is 0 Å². The van der Waals surface area contributed by atoms with E-state index in [0.717, 1.165) is 4.47 Å². The molecule has 7 heteroatoms. The highest BCUT2D eigenvalue weighted by molar-refractivity contribution is 9.10. The maximum Gasteiger partial charge on any atom is 0.314 e. The Morgan fingerprint density at radius 1 is 1.24 bits per heavy atom. The molecule has 1 aromatic carbocycles. The summed E-state index contributed by atoms with van der Waals surface area (Å²) in [6, 6.07) is 7.02. The topological polar surface area (TPSA) is 58.9 Å². The van der Waals surface area contributed by atoms with Crippen LogP contribution >= 0.6 is 39.1 Å². The lowest BCUT2D eigenvalue weighted by Crippen LogP contribution is -1.89. The van der Waals surface area contributed by atoms with E-state index in [2.05, 4.69) is 20.9 Å². The molecule has 0 unspecified atom stereocenters. The number of aromatic amines is 1. The first-order valence-corrected chi connectivity index (χ1v) is 6.03. The molecule has 0 aliphatic carbocycles. The van der Waals surface area contributed by atoms with E-state index < -0.39 is 4.92 Å². The number of rotatable bonds is 2. The van der Waals surface area contributed by atoms with Crippen molar-refractivity contribution >= 4 is 44.8 Å². The largest absolute Gasteiger partial charge is 0.339 e. The Bertz CT molecular complexity index is 581. The van der Waals surface area contributed by atoms with Crippen LogP contribution in [-0.4, -0.2) is 9.91 Å². The van der Waals surface area contributed by atoms with E-state index in [4.69, 9.17) is 23.2 Å². The van der Waals surface area contributed by atoms with E-state index in [9.17, 15) is 10.1 Å². The van der Waals surface area contributed by atoms with Gasteiger partial charge >= 0.3 is 5.69 Å². The Labute approximate surface area is 115 Å². The molecule has 17 heavy (non-hydrogen) atoms. The smallest absolute Gasteiger partial charge is 0.314 e. The quantitative estimate of drug-likeness (QED) is 0.641. The molecule has 0 saturated heterocycles. The molecule has 1 aromatic heterocycles. The third-order valence-electron chi connectivity index (χ3n) is 2.19. The van der Waals surface area contributed by atoms with Crippen LogP contribution in [0.2, 0.25) is 10.2 Å². The maximum absolute atomic E-state index is 10.9. The summed E-state index contributed by atoms with van der Waals surface area (Å²) in [5, 5.41) is 10.9. The second kappa shape index (κ2) is 4.68. The van der Waals surface area contributed by atoms with E-state index in [0.29, 0.717) is 11.3 Å². The molecule has 0 bridgehead atoms. The molecule has 0 spiro atoms. The molecule has 2 rings (SSSR count). The summed E-state index contributed by atoms with van der Waals surface area (Å²) < 4.78 is 0.882. The fraction of sp³-hybridized carbons (Fsp3) is 0. The molecular formula is C10H5BrCl2N2O2. The first-order valence-electron chi connectivity index (χ1n) is 4.48. The molecule has 0 aliphatic rings. The van der Waals surface area contributed by atoms with Gasteiger partial charge in [0.15, 0.2) is 5.02 Å². The first kappa shape index (κ1) is 12.4. The lowest BCUT2D eigenvalue weighted by atomic mass is 10.1.